The first-order valence-corrected chi connectivity index (χ1v) is 5.92. The van der Waals surface area contributed by atoms with Crippen molar-refractivity contribution in [3.05, 3.63) is 21.3 Å². The van der Waals surface area contributed by atoms with Gasteiger partial charge in [-0.15, -0.1) is 11.3 Å². The molecular weight excluding hydrogens is 202 g/mol. The van der Waals surface area contributed by atoms with Crippen molar-refractivity contribution in [2.24, 2.45) is 0 Å². The second-order valence-electron chi connectivity index (χ2n) is 3.87. The summed E-state index contributed by atoms with van der Waals surface area (Å²) in [6.45, 7) is 4.49. The Morgan fingerprint density at radius 2 is 2.31 bits per heavy atom. The van der Waals surface area contributed by atoms with Crippen molar-refractivity contribution in [3.63, 3.8) is 0 Å². The first-order chi connectivity index (χ1) is 6.16. The van der Waals surface area contributed by atoms with E-state index in [1.807, 2.05) is 5.38 Å². The highest BCUT2D eigenvalue weighted by Gasteiger charge is 2.29. The van der Waals surface area contributed by atoms with Gasteiger partial charge in [0.25, 0.3) is 0 Å². The molecule has 3 unspecified atom stereocenters. The fraction of sp³-hybridized carbons (Fsp3) is 0.600. The number of hydrogen-bond donors (Lipinski definition) is 1. The summed E-state index contributed by atoms with van der Waals surface area (Å²) in [7, 11) is 0. The summed E-state index contributed by atoms with van der Waals surface area (Å²) in [4.78, 5) is 1.43. The lowest BCUT2D eigenvalue weighted by atomic mass is 9.99. The van der Waals surface area contributed by atoms with Crippen molar-refractivity contribution in [1.29, 1.82) is 0 Å². The molecule has 1 saturated heterocycles. The van der Waals surface area contributed by atoms with Crippen LogP contribution in [0.4, 0.5) is 0 Å². The fourth-order valence-corrected chi connectivity index (χ4v) is 3.41. The Hall–Kier alpha value is -0.0500. The minimum Gasteiger partial charge on any atom is -0.311 e. The number of nitrogens with one attached hydrogen (secondary N) is 1. The van der Waals surface area contributed by atoms with E-state index in [0.29, 0.717) is 18.0 Å². The largest absolute Gasteiger partial charge is 0.311 e. The molecule has 0 spiro atoms. The molecule has 2 heterocycles. The Bertz CT molecular complexity index is 297. The third-order valence-electron chi connectivity index (χ3n) is 2.71. The van der Waals surface area contributed by atoms with Gasteiger partial charge in [-0.25, -0.2) is 0 Å². The van der Waals surface area contributed by atoms with Crippen molar-refractivity contribution < 1.29 is 0 Å². The van der Waals surface area contributed by atoms with Gasteiger partial charge < -0.3 is 5.32 Å². The zero-order chi connectivity index (χ0) is 9.42. The standard InChI is InChI=1S/C10H14ClNS/c1-6-3-9(7(2)12-6)10-4-8(11)5-13-10/h4-7,9,12H,3H2,1-2H3. The van der Waals surface area contributed by atoms with Crippen LogP contribution in [-0.2, 0) is 0 Å². The minimum atomic E-state index is 0.588. The van der Waals surface area contributed by atoms with Crippen LogP contribution >= 0.6 is 22.9 Å². The molecule has 3 atom stereocenters. The van der Waals surface area contributed by atoms with Gasteiger partial charge in [-0.3, -0.25) is 0 Å². The predicted molar refractivity (Wildman–Crippen MR) is 58.7 cm³/mol. The van der Waals surface area contributed by atoms with E-state index in [9.17, 15) is 0 Å². The van der Waals surface area contributed by atoms with E-state index in [-0.39, 0.29) is 0 Å². The Morgan fingerprint density at radius 3 is 2.77 bits per heavy atom. The average molecular weight is 216 g/mol. The molecule has 1 aromatic rings. The number of rotatable bonds is 1. The van der Waals surface area contributed by atoms with Crippen LogP contribution in [0.2, 0.25) is 5.02 Å². The Labute approximate surface area is 88.1 Å². The van der Waals surface area contributed by atoms with Gasteiger partial charge in [0.15, 0.2) is 0 Å². The fourth-order valence-electron chi connectivity index (χ4n) is 2.10. The summed E-state index contributed by atoms with van der Waals surface area (Å²) in [6.07, 6.45) is 1.23. The van der Waals surface area contributed by atoms with Crippen LogP contribution in [0.1, 0.15) is 31.1 Å². The van der Waals surface area contributed by atoms with Gasteiger partial charge in [0.05, 0.1) is 5.02 Å². The molecule has 1 N–H and O–H groups in total. The number of halogens is 1. The van der Waals surface area contributed by atoms with Crippen molar-refractivity contribution in [3.8, 4) is 0 Å². The van der Waals surface area contributed by atoms with Crippen LogP contribution in [0, 0.1) is 0 Å². The van der Waals surface area contributed by atoms with Gasteiger partial charge >= 0.3 is 0 Å². The third kappa shape index (κ3) is 1.90. The average Bonchev–Trinajstić information content (AvgIpc) is 2.58. The normalized spacial score (nSPS) is 33.9. The van der Waals surface area contributed by atoms with Crippen LogP contribution in [-0.4, -0.2) is 12.1 Å². The number of hydrogen-bond acceptors (Lipinski definition) is 2. The van der Waals surface area contributed by atoms with E-state index >= 15 is 0 Å². The van der Waals surface area contributed by atoms with Crippen LogP contribution in [0.15, 0.2) is 11.4 Å². The lowest BCUT2D eigenvalue weighted by Gasteiger charge is -2.11. The quantitative estimate of drug-likeness (QED) is 0.759. The molecule has 0 radical (unpaired) electrons. The van der Waals surface area contributed by atoms with E-state index in [0.717, 1.165) is 5.02 Å². The SMILES string of the molecule is CC1CC(c2cc(Cl)cs2)C(C)N1. The summed E-state index contributed by atoms with van der Waals surface area (Å²) in [6, 6.07) is 3.33. The molecule has 1 fully saturated rings. The first kappa shape index (κ1) is 9.50. The summed E-state index contributed by atoms with van der Waals surface area (Å²) >= 11 is 7.69. The van der Waals surface area contributed by atoms with Crippen molar-refractivity contribution in [2.75, 3.05) is 0 Å². The molecule has 1 nitrogen and oxygen atoms in total. The lowest BCUT2D eigenvalue weighted by Crippen LogP contribution is -2.25. The highest BCUT2D eigenvalue weighted by atomic mass is 35.5. The first-order valence-electron chi connectivity index (χ1n) is 4.67. The maximum atomic E-state index is 5.91. The molecule has 13 heavy (non-hydrogen) atoms. The molecular formula is C10H14ClNS. The predicted octanol–water partition coefficient (Wildman–Crippen LogP) is 3.26. The summed E-state index contributed by atoms with van der Waals surface area (Å²) < 4.78 is 0. The Kier molecular flexibility index (Phi) is 2.63. The van der Waals surface area contributed by atoms with E-state index in [4.69, 9.17) is 11.6 Å². The van der Waals surface area contributed by atoms with Crippen LogP contribution in [0.5, 0.6) is 0 Å². The Morgan fingerprint density at radius 1 is 1.54 bits per heavy atom. The van der Waals surface area contributed by atoms with Gasteiger partial charge in [-0.05, 0) is 26.3 Å². The van der Waals surface area contributed by atoms with Gasteiger partial charge in [0, 0.05) is 28.3 Å². The van der Waals surface area contributed by atoms with E-state index in [1.165, 1.54) is 11.3 Å². The second-order valence-corrected chi connectivity index (χ2v) is 5.25. The molecule has 1 aromatic heterocycles. The number of thiophene rings is 1. The molecule has 2 rings (SSSR count). The van der Waals surface area contributed by atoms with Gasteiger partial charge in [-0.2, -0.15) is 0 Å². The zero-order valence-electron chi connectivity index (χ0n) is 7.88. The van der Waals surface area contributed by atoms with E-state index in [2.05, 4.69) is 25.2 Å². The monoisotopic (exact) mass is 215 g/mol. The van der Waals surface area contributed by atoms with Gasteiger partial charge in [0.2, 0.25) is 0 Å². The maximum Gasteiger partial charge on any atom is 0.0515 e. The zero-order valence-corrected chi connectivity index (χ0v) is 9.45. The van der Waals surface area contributed by atoms with Gasteiger partial charge in [0.1, 0.15) is 0 Å². The smallest absolute Gasteiger partial charge is 0.0515 e. The maximum absolute atomic E-state index is 5.91. The van der Waals surface area contributed by atoms with Crippen LogP contribution < -0.4 is 5.32 Å². The van der Waals surface area contributed by atoms with Crippen molar-refractivity contribution in [1.82, 2.24) is 5.32 Å². The third-order valence-corrected chi connectivity index (χ3v) is 4.12. The van der Waals surface area contributed by atoms with E-state index in [1.54, 1.807) is 11.3 Å². The molecule has 0 saturated carbocycles. The van der Waals surface area contributed by atoms with Crippen molar-refractivity contribution in [2.45, 2.75) is 38.3 Å². The molecule has 3 heteroatoms. The topological polar surface area (TPSA) is 12.0 Å². The van der Waals surface area contributed by atoms with E-state index < -0.39 is 0 Å². The summed E-state index contributed by atoms with van der Waals surface area (Å²) in [5.41, 5.74) is 0. The van der Waals surface area contributed by atoms with Crippen molar-refractivity contribution >= 4 is 22.9 Å². The summed E-state index contributed by atoms with van der Waals surface area (Å²) in [5.74, 6) is 0.660. The molecule has 0 bridgehead atoms. The molecule has 1 aliphatic rings. The molecule has 0 amide bonds. The molecule has 72 valence electrons. The molecule has 1 aliphatic heterocycles. The Balaban J connectivity index is 2.17. The highest BCUT2D eigenvalue weighted by molar-refractivity contribution is 7.10. The molecule has 0 aromatic carbocycles. The van der Waals surface area contributed by atoms with Gasteiger partial charge in [-0.1, -0.05) is 11.6 Å². The van der Waals surface area contributed by atoms with Crippen LogP contribution in [0.3, 0.4) is 0 Å². The highest BCUT2D eigenvalue weighted by Crippen LogP contribution is 2.35. The summed E-state index contributed by atoms with van der Waals surface area (Å²) in [5, 5.41) is 6.44. The second kappa shape index (κ2) is 3.60. The molecule has 0 aliphatic carbocycles. The lowest BCUT2D eigenvalue weighted by molar-refractivity contribution is 0.578. The van der Waals surface area contributed by atoms with Crippen LogP contribution in [0.25, 0.3) is 0 Å². The minimum absolute atomic E-state index is 0.588.